The number of nitro benzene ring substituents is 1. The number of aromatic nitrogens is 2. The predicted octanol–water partition coefficient (Wildman–Crippen LogP) is 3.40. The summed E-state index contributed by atoms with van der Waals surface area (Å²) in [6.07, 6.45) is 2.28. The van der Waals surface area contributed by atoms with Crippen LogP contribution in [0.2, 0.25) is 5.02 Å². The second kappa shape index (κ2) is 7.32. The molecule has 0 atom stereocenters. The third kappa shape index (κ3) is 4.56. The fourth-order valence-corrected chi connectivity index (χ4v) is 3.61. The van der Waals surface area contributed by atoms with Crippen molar-refractivity contribution in [1.29, 1.82) is 0 Å². The zero-order chi connectivity index (χ0) is 17.1. The van der Waals surface area contributed by atoms with Crippen LogP contribution in [0.4, 0.5) is 16.5 Å². The highest BCUT2D eigenvalue weighted by Crippen LogP contribution is 2.31. The minimum Gasteiger partial charge on any atom is -0.357 e. The number of nitrogens with zero attached hydrogens (tertiary/aromatic N) is 3. The van der Waals surface area contributed by atoms with E-state index < -0.39 is 4.92 Å². The van der Waals surface area contributed by atoms with Gasteiger partial charge in [-0.05, 0) is 25.0 Å². The van der Waals surface area contributed by atoms with E-state index in [1.807, 2.05) is 0 Å². The molecule has 8 nitrogen and oxygen atoms in total. The first kappa shape index (κ1) is 16.9. The Morgan fingerprint density at radius 1 is 1.46 bits per heavy atom. The molecule has 2 aromatic rings. The zero-order valence-corrected chi connectivity index (χ0v) is 14.6. The van der Waals surface area contributed by atoms with Crippen LogP contribution in [0.5, 0.6) is 0 Å². The Hall–Kier alpha value is -1.91. The number of nitro groups is 1. The maximum atomic E-state index is 12.0. The quantitative estimate of drug-likeness (QED) is 0.427. The molecule has 1 aromatic heterocycles. The van der Waals surface area contributed by atoms with Crippen molar-refractivity contribution < 1.29 is 9.72 Å². The van der Waals surface area contributed by atoms with Crippen molar-refractivity contribution in [2.24, 2.45) is 0 Å². The Kier molecular flexibility index (Phi) is 5.17. The molecule has 1 fully saturated rings. The van der Waals surface area contributed by atoms with Crippen LogP contribution < -0.4 is 10.6 Å². The van der Waals surface area contributed by atoms with Crippen molar-refractivity contribution >= 4 is 57.1 Å². The minimum atomic E-state index is -0.570. The first-order chi connectivity index (χ1) is 11.5. The summed E-state index contributed by atoms with van der Waals surface area (Å²) in [5, 5.41) is 25.8. The van der Waals surface area contributed by atoms with Gasteiger partial charge in [0.05, 0.1) is 10.7 Å². The number of halogens is 1. The molecule has 0 spiro atoms. The topological polar surface area (TPSA) is 110 Å². The molecule has 1 aliphatic rings. The number of hydrogen-bond acceptors (Lipinski definition) is 8. The van der Waals surface area contributed by atoms with Crippen molar-refractivity contribution in [3.8, 4) is 0 Å². The number of amides is 1. The smallest absolute Gasteiger partial charge is 0.292 e. The van der Waals surface area contributed by atoms with E-state index in [1.165, 1.54) is 41.3 Å². The van der Waals surface area contributed by atoms with Crippen LogP contribution in [0.25, 0.3) is 0 Å². The molecule has 24 heavy (non-hydrogen) atoms. The second-order valence-electron chi connectivity index (χ2n) is 5.05. The molecule has 126 valence electrons. The zero-order valence-electron chi connectivity index (χ0n) is 12.2. The summed E-state index contributed by atoms with van der Waals surface area (Å²) in [5.74, 6) is -0.306. The van der Waals surface area contributed by atoms with E-state index in [0.29, 0.717) is 15.4 Å². The Morgan fingerprint density at radius 2 is 2.25 bits per heavy atom. The molecule has 1 saturated carbocycles. The summed E-state index contributed by atoms with van der Waals surface area (Å²) in [6, 6.07) is 4.50. The number of thioether (sulfide) groups is 1. The van der Waals surface area contributed by atoms with Gasteiger partial charge >= 0.3 is 0 Å². The lowest BCUT2D eigenvalue weighted by molar-refractivity contribution is -0.383. The molecular formula is C13H12ClN5O3S2. The largest absolute Gasteiger partial charge is 0.357 e. The molecule has 1 aromatic carbocycles. The summed E-state index contributed by atoms with van der Waals surface area (Å²) in [7, 11) is 0. The maximum absolute atomic E-state index is 12.0. The summed E-state index contributed by atoms with van der Waals surface area (Å²) in [6.45, 7) is 0. The van der Waals surface area contributed by atoms with Crippen molar-refractivity contribution in [2.75, 3.05) is 16.4 Å². The fraction of sp³-hybridized carbons (Fsp3) is 0.308. The van der Waals surface area contributed by atoms with Gasteiger partial charge in [-0.15, -0.1) is 10.2 Å². The van der Waals surface area contributed by atoms with Crippen LogP contribution in [-0.4, -0.2) is 32.8 Å². The Bertz CT molecular complexity index is 781. The summed E-state index contributed by atoms with van der Waals surface area (Å²) < 4.78 is 0.661. The van der Waals surface area contributed by atoms with Gasteiger partial charge in [-0.3, -0.25) is 14.9 Å². The van der Waals surface area contributed by atoms with Gasteiger partial charge in [0.25, 0.3) is 5.69 Å². The average molecular weight is 386 g/mol. The van der Waals surface area contributed by atoms with E-state index in [0.717, 1.165) is 18.0 Å². The molecule has 1 amide bonds. The van der Waals surface area contributed by atoms with Crippen molar-refractivity contribution in [2.45, 2.75) is 23.2 Å². The molecule has 0 unspecified atom stereocenters. The number of carbonyl (C=O) groups excluding carboxylic acids is 1. The number of rotatable bonds is 7. The first-order valence-corrected chi connectivity index (χ1v) is 9.16. The third-order valence-corrected chi connectivity index (χ3v) is 5.29. The molecule has 0 radical (unpaired) electrons. The number of anilines is 2. The summed E-state index contributed by atoms with van der Waals surface area (Å²) in [4.78, 5) is 22.4. The van der Waals surface area contributed by atoms with E-state index >= 15 is 0 Å². The molecule has 0 aliphatic heterocycles. The van der Waals surface area contributed by atoms with E-state index in [4.69, 9.17) is 11.6 Å². The Labute approximate surface area is 150 Å². The van der Waals surface area contributed by atoms with Gasteiger partial charge in [0, 0.05) is 17.1 Å². The normalized spacial score (nSPS) is 13.5. The summed E-state index contributed by atoms with van der Waals surface area (Å²) in [5.41, 5.74) is -0.129. The van der Waals surface area contributed by atoms with Crippen molar-refractivity contribution in [1.82, 2.24) is 10.2 Å². The predicted molar refractivity (Wildman–Crippen MR) is 94.0 cm³/mol. The highest BCUT2D eigenvalue weighted by Gasteiger charge is 2.22. The van der Waals surface area contributed by atoms with Gasteiger partial charge in [0.15, 0.2) is 4.34 Å². The Morgan fingerprint density at radius 3 is 2.96 bits per heavy atom. The SMILES string of the molecule is O=C(CSc1nnc(NC2CC2)s1)Nc1cc(Cl)ccc1[N+](=O)[O-]. The number of hydrogen-bond donors (Lipinski definition) is 2. The minimum absolute atomic E-state index is 0.0712. The number of carbonyl (C=O) groups is 1. The van der Waals surface area contributed by atoms with Gasteiger partial charge in [-0.25, -0.2) is 0 Å². The van der Waals surface area contributed by atoms with Gasteiger partial charge in [0.1, 0.15) is 5.69 Å². The van der Waals surface area contributed by atoms with Gasteiger partial charge in [-0.1, -0.05) is 34.7 Å². The van der Waals surface area contributed by atoms with Crippen LogP contribution in [0.1, 0.15) is 12.8 Å². The van der Waals surface area contributed by atoms with Gasteiger partial charge in [-0.2, -0.15) is 0 Å². The molecule has 2 N–H and O–H groups in total. The van der Waals surface area contributed by atoms with Gasteiger partial charge < -0.3 is 10.6 Å². The van der Waals surface area contributed by atoms with Crippen molar-refractivity contribution in [3.63, 3.8) is 0 Å². The monoisotopic (exact) mass is 385 g/mol. The van der Waals surface area contributed by atoms with Crippen LogP contribution in [0.15, 0.2) is 22.5 Å². The van der Waals surface area contributed by atoms with E-state index in [2.05, 4.69) is 20.8 Å². The number of nitrogens with one attached hydrogen (secondary N) is 2. The summed E-state index contributed by atoms with van der Waals surface area (Å²) >= 11 is 8.43. The van der Waals surface area contributed by atoms with Crippen molar-refractivity contribution in [3.05, 3.63) is 33.3 Å². The third-order valence-electron chi connectivity index (χ3n) is 3.07. The highest BCUT2D eigenvalue weighted by atomic mass is 35.5. The van der Waals surface area contributed by atoms with E-state index in [1.54, 1.807) is 0 Å². The molecule has 1 aliphatic carbocycles. The fourth-order valence-electron chi connectivity index (χ4n) is 1.81. The lowest BCUT2D eigenvalue weighted by Crippen LogP contribution is -2.15. The molecule has 0 saturated heterocycles. The molecule has 11 heteroatoms. The molecule has 0 bridgehead atoms. The van der Waals surface area contributed by atoms with Crippen LogP contribution in [0.3, 0.4) is 0 Å². The highest BCUT2D eigenvalue weighted by molar-refractivity contribution is 8.01. The molecular weight excluding hydrogens is 374 g/mol. The van der Waals surface area contributed by atoms with Crippen LogP contribution in [-0.2, 0) is 4.79 Å². The average Bonchev–Trinajstić information content (AvgIpc) is 3.22. The molecule has 3 rings (SSSR count). The van der Waals surface area contributed by atoms with Gasteiger partial charge in [0.2, 0.25) is 11.0 Å². The standard InChI is InChI=1S/C13H12ClN5O3S2/c14-7-1-4-10(19(21)22)9(5-7)16-11(20)6-23-13-18-17-12(24-13)15-8-2-3-8/h1,4-5,8H,2-3,6H2,(H,15,17)(H,16,20). The lowest BCUT2D eigenvalue weighted by Gasteiger charge is -2.05. The first-order valence-electron chi connectivity index (χ1n) is 6.98. The lowest BCUT2D eigenvalue weighted by atomic mass is 10.2. The Balaban J connectivity index is 1.56. The van der Waals surface area contributed by atoms with Crippen LogP contribution in [0, 0.1) is 10.1 Å². The van der Waals surface area contributed by atoms with Crippen LogP contribution >= 0.6 is 34.7 Å². The maximum Gasteiger partial charge on any atom is 0.292 e. The molecule has 1 heterocycles. The number of benzene rings is 1. The second-order valence-corrected chi connectivity index (χ2v) is 7.68. The van der Waals surface area contributed by atoms with E-state index in [9.17, 15) is 14.9 Å². The van der Waals surface area contributed by atoms with E-state index in [-0.39, 0.29) is 23.0 Å².